The van der Waals surface area contributed by atoms with Crippen molar-refractivity contribution < 1.29 is 14.3 Å². The van der Waals surface area contributed by atoms with Crippen molar-refractivity contribution in [2.75, 3.05) is 20.3 Å². The van der Waals surface area contributed by atoms with E-state index in [4.69, 9.17) is 14.5 Å². The van der Waals surface area contributed by atoms with E-state index in [1.54, 1.807) is 7.11 Å². The Balaban J connectivity index is 1.39. The highest BCUT2D eigenvalue weighted by molar-refractivity contribution is 5.78. The van der Waals surface area contributed by atoms with Gasteiger partial charge in [0.25, 0.3) is 0 Å². The number of fused-ring (bicyclic) bond motifs is 1. The Labute approximate surface area is 187 Å². The van der Waals surface area contributed by atoms with Crippen LogP contribution in [0.3, 0.4) is 0 Å². The van der Waals surface area contributed by atoms with Crippen molar-refractivity contribution in [2.24, 2.45) is 0 Å². The highest BCUT2D eigenvalue weighted by Crippen LogP contribution is 2.26. The molecule has 4 aromatic rings. The van der Waals surface area contributed by atoms with E-state index in [-0.39, 0.29) is 5.91 Å². The Morgan fingerprint density at radius 1 is 0.938 bits per heavy atom. The van der Waals surface area contributed by atoms with Gasteiger partial charge >= 0.3 is 0 Å². The molecule has 0 atom stereocenters. The van der Waals surface area contributed by atoms with Gasteiger partial charge in [0, 0.05) is 13.0 Å². The highest BCUT2D eigenvalue weighted by atomic mass is 16.5. The number of methoxy groups -OCH3 is 1. The second kappa shape index (κ2) is 10.5. The van der Waals surface area contributed by atoms with Crippen LogP contribution in [0.1, 0.15) is 11.4 Å². The van der Waals surface area contributed by atoms with Crippen LogP contribution in [-0.2, 0) is 24.2 Å². The summed E-state index contributed by atoms with van der Waals surface area (Å²) in [5.74, 6) is 2.37. The number of hydrogen-bond acceptors (Lipinski definition) is 4. The van der Waals surface area contributed by atoms with Crippen LogP contribution in [0.4, 0.5) is 0 Å². The molecule has 4 rings (SSSR count). The maximum atomic E-state index is 12.3. The van der Waals surface area contributed by atoms with Gasteiger partial charge < -0.3 is 19.4 Å². The van der Waals surface area contributed by atoms with Crippen molar-refractivity contribution in [3.05, 3.63) is 90.3 Å². The van der Waals surface area contributed by atoms with E-state index in [1.165, 1.54) is 0 Å². The third-order valence-corrected chi connectivity index (χ3v) is 5.25. The Kier molecular flexibility index (Phi) is 7.02. The number of nitrogens with zero attached hydrogens (tertiary/aromatic N) is 2. The largest absolute Gasteiger partial charge is 0.493 e. The molecule has 0 aliphatic rings. The van der Waals surface area contributed by atoms with Crippen LogP contribution in [0, 0.1) is 0 Å². The zero-order valence-corrected chi connectivity index (χ0v) is 18.2. The SMILES string of the molecule is COc1ccccc1OCCn1c(CCNC(=O)Cc2ccccc2)nc2ccccc21. The lowest BCUT2D eigenvalue weighted by Crippen LogP contribution is -2.28. The van der Waals surface area contributed by atoms with Gasteiger partial charge in [-0.25, -0.2) is 4.98 Å². The van der Waals surface area contributed by atoms with Gasteiger partial charge in [-0.1, -0.05) is 54.6 Å². The lowest BCUT2D eigenvalue weighted by atomic mass is 10.1. The molecule has 3 aromatic carbocycles. The molecular weight excluding hydrogens is 402 g/mol. The Morgan fingerprint density at radius 3 is 2.47 bits per heavy atom. The molecule has 0 unspecified atom stereocenters. The highest BCUT2D eigenvalue weighted by Gasteiger charge is 2.12. The molecule has 1 heterocycles. The van der Waals surface area contributed by atoms with Gasteiger partial charge in [-0.2, -0.15) is 0 Å². The van der Waals surface area contributed by atoms with E-state index >= 15 is 0 Å². The smallest absolute Gasteiger partial charge is 0.224 e. The fraction of sp³-hybridized carbons (Fsp3) is 0.231. The normalized spacial score (nSPS) is 10.8. The van der Waals surface area contributed by atoms with Crippen molar-refractivity contribution in [1.82, 2.24) is 14.9 Å². The van der Waals surface area contributed by atoms with Crippen LogP contribution in [0.15, 0.2) is 78.9 Å². The van der Waals surface area contributed by atoms with Gasteiger partial charge in [0.15, 0.2) is 11.5 Å². The van der Waals surface area contributed by atoms with E-state index in [9.17, 15) is 4.79 Å². The van der Waals surface area contributed by atoms with Crippen LogP contribution in [0.2, 0.25) is 0 Å². The van der Waals surface area contributed by atoms with Gasteiger partial charge in [0.05, 0.1) is 31.1 Å². The van der Waals surface area contributed by atoms with E-state index < -0.39 is 0 Å². The average Bonchev–Trinajstić information content (AvgIpc) is 3.17. The number of amides is 1. The molecule has 32 heavy (non-hydrogen) atoms. The summed E-state index contributed by atoms with van der Waals surface area (Å²) in [5.41, 5.74) is 3.00. The molecule has 1 N–H and O–H groups in total. The van der Waals surface area contributed by atoms with Crippen LogP contribution < -0.4 is 14.8 Å². The molecule has 0 bridgehead atoms. The fourth-order valence-electron chi connectivity index (χ4n) is 3.71. The summed E-state index contributed by atoms with van der Waals surface area (Å²) >= 11 is 0. The van der Waals surface area contributed by atoms with Crippen molar-refractivity contribution in [3.63, 3.8) is 0 Å². The summed E-state index contributed by atoms with van der Waals surface area (Å²) in [7, 11) is 1.63. The topological polar surface area (TPSA) is 65.4 Å². The van der Waals surface area contributed by atoms with E-state index in [2.05, 4.69) is 16.0 Å². The summed E-state index contributed by atoms with van der Waals surface area (Å²) in [6.07, 6.45) is 1.02. The summed E-state index contributed by atoms with van der Waals surface area (Å²) in [4.78, 5) is 17.1. The molecule has 0 aliphatic heterocycles. The number of benzene rings is 3. The summed E-state index contributed by atoms with van der Waals surface area (Å²) in [6.45, 7) is 1.66. The maximum Gasteiger partial charge on any atom is 0.224 e. The minimum atomic E-state index is 0.0124. The number of carbonyl (C=O) groups is 1. The van der Waals surface area contributed by atoms with Gasteiger partial charge in [0.2, 0.25) is 5.91 Å². The fourth-order valence-corrected chi connectivity index (χ4v) is 3.71. The third-order valence-electron chi connectivity index (χ3n) is 5.25. The van der Waals surface area contributed by atoms with Gasteiger partial charge in [-0.3, -0.25) is 4.79 Å². The first-order valence-corrected chi connectivity index (χ1v) is 10.7. The predicted molar refractivity (Wildman–Crippen MR) is 125 cm³/mol. The molecule has 6 heteroatoms. The molecule has 1 aromatic heterocycles. The molecule has 0 saturated carbocycles. The minimum Gasteiger partial charge on any atom is -0.493 e. The Morgan fingerprint density at radius 2 is 1.66 bits per heavy atom. The molecule has 0 aliphatic carbocycles. The monoisotopic (exact) mass is 429 g/mol. The van der Waals surface area contributed by atoms with Crippen molar-refractivity contribution in [2.45, 2.75) is 19.4 Å². The number of imidazole rings is 1. The van der Waals surface area contributed by atoms with E-state index in [0.717, 1.165) is 22.4 Å². The average molecular weight is 430 g/mol. The lowest BCUT2D eigenvalue weighted by molar-refractivity contribution is -0.120. The van der Waals surface area contributed by atoms with Crippen LogP contribution in [-0.4, -0.2) is 35.7 Å². The number of hydrogen-bond donors (Lipinski definition) is 1. The molecule has 0 saturated heterocycles. The molecule has 0 radical (unpaired) electrons. The number of nitrogens with one attached hydrogen (secondary N) is 1. The molecule has 0 fully saturated rings. The summed E-state index contributed by atoms with van der Waals surface area (Å²) in [6, 6.07) is 25.4. The second-order valence-electron chi connectivity index (χ2n) is 7.43. The van der Waals surface area contributed by atoms with E-state index in [1.807, 2.05) is 72.8 Å². The van der Waals surface area contributed by atoms with Crippen molar-refractivity contribution >= 4 is 16.9 Å². The van der Waals surface area contributed by atoms with Gasteiger partial charge in [-0.05, 0) is 29.8 Å². The summed E-state index contributed by atoms with van der Waals surface area (Å²) in [5, 5.41) is 3.01. The summed E-state index contributed by atoms with van der Waals surface area (Å²) < 4.78 is 13.5. The first-order valence-electron chi connectivity index (χ1n) is 10.7. The molecular formula is C26H27N3O3. The van der Waals surface area contributed by atoms with Crippen molar-refractivity contribution in [3.8, 4) is 11.5 Å². The quantitative estimate of drug-likeness (QED) is 0.413. The number of para-hydroxylation sites is 4. The van der Waals surface area contributed by atoms with E-state index in [0.29, 0.717) is 44.0 Å². The Bertz CT molecular complexity index is 1170. The molecule has 6 nitrogen and oxygen atoms in total. The zero-order chi connectivity index (χ0) is 22.2. The van der Waals surface area contributed by atoms with Gasteiger partial charge in [0.1, 0.15) is 12.4 Å². The standard InChI is InChI=1S/C26H27N3O3/c1-31-23-13-7-8-14-24(23)32-18-17-29-22-12-6-5-11-21(22)28-25(29)15-16-27-26(30)19-20-9-3-2-4-10-20/h2-14H,15-19H2,1H3,(H,27,30). The van der Waals surface area contributed by atoms with Crippen LogP contribution >= 0.6 is 0 Å². The molecule has 1 amide bonds. The van der Waals surface area contributed by atoms with Crippen molar-refractivity contribution in [1.29, 1.82) is 0 Å². The molecule has 164 valence electrons. The van der Waals surface area contributed by atoms with Gasteiger partial charge in [-0.15, -0.1) is 0 Å². The van der Waals surface area contributed by atoms with Crippen LogP contribution in [0.5, 0.6) is 11.5 Å². The number of carbonyl (C=O) groups excluding carboxylic acids is 1. The first-order chi connectivity index (χ1) is 15.7. The second-order valence-corrected chi connectivity index (χ2v) is 7.43. The first kappa shape index (κ1) is 21.4. The predicted octanol–water partition coefficient (Wildman–Crippen LogP) is 4.03. The maximum absolute atomic E-state index is 12.3. The molecule has 0 spiro atoms. The minimum absolute atomic E-state index is 0.0124. The lowest BCUT2D eigenvalue weighted by Gasteiger charge is -2.13. The zero-order valence-electron chi connectivity index (χ0n) is 18.2. The third kappa shape index (κ3) is 5.27. The van der Waals surface area contributed by atoms with Crippen LogP contribution in [0.25, 0.3) is 11.0 Å². The number of aromatic nitrogens is 2. The number of rotatable bonds is 10. The number of ether oxygens (including phenoxy) is 2. The Hall–Kier alpha value is -3.80.